The van der Waals surface area contributed by atoms with Gasteiger partial charge in [-0.05, 0) is 31.7 Å². The van der Waals surface area contributed by atoms with Crippen LogP contribution in [0.2, 0.25) is 0 Å². The van der Waals surface area contributed by atoms with E-state index >= 15 is 0 Å². The van der Waals surface area contributed by atoms with Crippen LogP contribution in [-0.2, 0) is 0 Å². The molecule has 22 heavy (non-hydrogen) atoms. The Bertz CT molecular complexity index is 673. The minimum Gasteiger partial charge on any atom is -0.384 e. The number of nitrogens with two attached hydrogens (primary N) is 2. The average molecular weight is 302 g/mol. The van der Waals surface area contributed by atoms with Crippen molar-refractivity contribution in [2.75, 3.05) is 23.7 Å². The number of aromatic nitrogens is 3. The molecule has 3 rings (SSSR count). The molecule has 2 aromatic rings. The molecule has 1 saturated carbocycles. The summed E-state index contributed by atoms with van der Waals surface area (Å²) in [6.07, 6.45) is 6.04. The van der Waals surface area contributed by atoms with Crippen LogP contribution in [0.5, 0.6) is 0 Å². The number of rotatable bonds is 7. The van der Waals surface area contributed by atoms with Crippen molar-refractivity contribution in [3.05, 3.63) is 24.3 Å². The zero-order valence-corrected chi connectivity index (χ0v) is 12.6. The van der Waals surface area contributed by atoms with Gasteiger partial charge in [0.1, 0.15) is 17.3 Å². The van der Waals surface area contributed by atoms with Crippen LogP contribution in [0.1, 0.15) is 19.8 Å². The molecule has 1 fully saturated rings. The third-order valence-electron chi connectivity index (χ3n) is 3.60. The number of hydrazine groups is 1. The van der Waals surface area contributed by atoms with Crippen molar-refractivity contribution < 1.29 is 0 Å². The monoisotopic (exact) mass is 302 g/mol. The second-order valence-corrected chi connectivity index (χ2v) is 5.50. The highest BCUT2D eigenvalue weighted by molar-refractivity contribution is 5.88. The van der Waals surface area contributed by atoms with E-state index in [9.17, 15) is 0 Å². The van der Waals surface area contributed by atoms with Crippen molar-refractivity contribution in [2.45, 2.75) is 19.8 Å². The Morgan fingerprint density at radius 2 is 2.32 bits per heavy atom. The van der Waals surface area contributed by atoms with Gasteiger partial charge in [-0.2, -0.15) is 9.97 Å². The third-order valence-corrected chi connectivity index (χ3v) is 3.60. The molecule has 0 aliphatic heterocycles. The normalized spacial score (nSPS) is 15.1. The van der Waals surface area contributed by atoms with Gasteiger partial charge >= 0.3 is 0 Å². The molecule has 0 saturated heterocycles. The lowest BCUT2D eigenvalue weighted by Crippen LogP contribution is -2.27. The summed E-state index contributed by atoms with van der Waals surface area (Å²) in [7, 11) is 0. The van der Waals surface area contributed by atoms with Gasteiger partial charge in [0, 0.05) is 19.3 Å². The molecule has 2 aromatic heterocycles. The topological polar surface area (TPSA) is 121 Å². The molecule has 1 aliphatic carbocycles. The van der Waals surface area contributed by atoms with E-state index in [2.05, 4.69) is 25.6 Å². The summed E-state index contributed by atoms with van der Waals surface area (Å²) in [5.74, 6) is 8.10. The molecule has 8 heteroatoms. The molecule has 0 spiro atoms. The summed E-state index contributed by atoms with van der Waals surface area (Å²) >= 11 is 0. The van der Waals surface area contributed by atoms with Crippen LogP contribution in [0, 0.1) is 5.92 Å². The van der Waals surface area contributed by atoms with Crippen LogP contribution < -0.4 is 22.2 Å². The lowest BCUT2D eigenvalue weighted by molar-refractivity contribution is 0.413. The highest BCUT2D eigenvalue weighted by Gasteiger charge is 2.21. The Morgan fingerprint density at radius 1 is 1.50 bits per heavy atom. The van der Waals surface area contributed by atoms with Gasteiger partial charge in [-0.25, -0.2) is 5.84 Å². The van der Waals surface area contributed by atoms with Crippen LogP contribution in [0.3, 0.4) is 0 Å². The number of aromatic amines is 1. The molecule has 0 atom stereocenters. The van der Waals surface area contributed by atoms with Crippen LogP contribution in [0.4, 0.5) is 11.8 Å². The van der Waals surface area contributed by atoms with E-state index in [-0.39, 0.29) is 0 Å². The maximum atomic E-state index is 5.90. The lowest BCUT2D eigenvalue weighted by Gasteiger charge is -2.13. The van der Waals surface area contributed by atoms with Gasteiger partial charge in [-0.3, -0.25) is 0 Å². The van der Waals surface area contributed by atoms with Gasteiger partial charge in [-0.1, -0.05) is 0 Å². The van der Waals surface area contributed by atoms with Crippen molar-refractivity contribution in [3.8, 4) is 0 Å². The molecular formula is C14H22N8. The Morgan fingerprint density at radius 3 is 3.05 bits per heavy atom. The fraction of sp³-hybridized carbons (Fsp3) is 0.429. The van der Waals surface area contributed by atoms with Crippen LogP contribution in [-0.4, -0.2) is 33.1 Å². The van der Waals surface area contributed by atoms with E-state index in [0.717, 1.165) is 29.3 Å². The smallest absolute Gasteiger partial charge is 0.232 e. The first-order valence-electron chi connectivity index (χ1n) is 7.50. The predicted molar refractivity (Wildman–Crippen MR) is 87.6 cm³/mol. The molecule has 1 aliphatic rings. The summed E-state index contributed by atoms with van der Waals surface area (Å²) in [4.78, 5) is 12.0. The van der Waals surface area contributed by atoms with E-state index in [1.807, 2.05) is 19.2 Å². The first-order valence-corrected chi connectivity index (χ1v) is 7.50. The summed E-state index contributed by atoms with van der Waals surface area (Å²) in [6.45, 7) is 3.53. The zero-order valence-electron chi connectivity index (χ0n) is 12.6. The number of H-pyrrole nitrogens is 1. The van der Waals surface area contributed by atoms with Crippen molar-refractivity contribution in [1.82, 2.24) is 20.0 Å². The van der Waals surface area contributed by atoms with Crippen molar-refractivity contribution in [3.63, 3.8) is 0 Å². The fourth-order valence-electron chi connectivity index (χ4n) is 2.13. The summed E-state index contributed by atoms with van der Waals surface area (Å²) in [6, 6.07) is 1.96. The Balaban J connectivity index is 1.81. The minimum atomic E-state index is 0.392. The second kappa shape index (κ2) is 6.10. The molecule has 118 valence electrons. The lowest BCUT2D eigenvalue weighted by atomic mass is 10.3. The van der Waals surface area contributed by atoms with E-state index in [0.29, 0.717) is 18.3 Å². The van der Waals surface area contributed by atoms with Gasteiger partial charge in [0.25, 0.3) is 0 Å². The Hall–Kier alpha value is -2.48. The fourth-order valence-corrected chi connectivity index (χ4v) is 2.13. The molecule has 0 aromatic carbocycles. The van der Waals surface area contributed by atoms with Gasteiger partial charge in [0.15, 0.2) is 0 Å². The number of hydrogen-bond donors (Lipinski definition) is 5. The van der Waals surface area contributed by atoms with Crippen LogP contribution in [0.25, 0.3) is 11.0 Å². The van der Waals surface area contributed by atoms with Crippen LogP contribution in [0.15, 0.2) is 24.3 Å². The number of anilines is 2. The van der Waals surface area contributed by atoms with Gasteiger partial charge in [-0.15, -0.1) is 0 Å². The number of hydrogen-bond acceptors (Lipinski definition) is 7. The van der Waals surface area contributed by atoms with E-state index < -0.39 is 0 Å². The second-order valence-electron chi connectivity index (χ2n) is 5.50. The zero-order chi connectivity index (χ0) is 15.5. The maximum Gasteiger partial charge on any atom is 0.232 e. The van der Waals surface area contributed by atoms with Gasteiger partial charge < -0.3 is 26.4 Å². The summed E-state index contributed by atoms with van der Waals surface area (Å²) in [5, 5.41) is 8.83. The van der Waals surface area contributed by atoms with Crippen LogP contribution >= 0.6 is 0 Å². The Kier molecular flexibility index (Phi) is 4.01. The third kappa shape index (κ3) is 3.40. The largest absolute Gasteiger partial charge is 0.384 e. The molecule has 8 nitrogen and oxygen atoms in total. The molecule has 0 amide bonds. The first kappa shape index (κ1) is 14.5. The van der Waals surface area contributed by atoms with Gasteiger partial charge in [0.2, 0.25) is 5.95 Å². The maximum absolute atomic E-state index is 5.90. The molecule has 0 radical (unpaired) electrons. The summed E-state index contributed by atoms with van der Waals surface area (Å²) < 4.78 is 0. The van der Waals surface area contributed by atoms with Crippen molar-refractivity contribution >= 4 is 22.8 Å². The van der Waals surface area contributed by atoms with E-state index in [4.69, 9.17) is 11.6 Å². The quantitative estimate of drug-likeness (QED) is 0.384. The number of fused-ring (bicyclic) bond motifs is 1. The van der Waals surface area contributed by atoms with Gasteiger partial charge in [0.05, 0.1) is 11.6 Å². The van der Waals surface area contributed by atoms with Crippen molar-refractivity contribution in [2.24, 2.45) is 17.5 Å². The highest BCUT2D eigenvalue weighted by atomic mass is 15.4. The van der Waals surface area contributed by atoms with E-state index in [1.165, 1.54) is 17.9 Å². The standard InChI is InChI=1S/C14H22N8/c1-2-22(16)8-11(15)19-14-20-12-10(5-6-17-12)13(21-14)18-7-9-3-4-9/h5-6,8-9H,2-4,7,15-16H2,1H3,(H3,17,18,19,20,21)/b11-8+. The average Bonchev–Trinajstić information content (AvgIpc) is 3.20. The molecule has 0 unspecified atom stereocenters. The predicted octanol–water partition coefficient (Wildman–Crippen LogP) is 1.14. The van der Waals surface area contributed by atoms with E-state index in [1.54, 1.807) is 6.20 Å². The molecule has 2 heterocycles. The minimum absolute atomic E-state index is 0.392. The SMILES string of the molecule is CCN(N)/C=C(\N)Nc1nc(NCC2CC2)c2cc[nH]c2n1. The number of nitrogens with one attached hydrogen (secondary N) is 3. The summed E-state index contributed by atoms with van der Waals surface area (Å²) in [5.41, 5.74) is 6.67. The molecule has 7 N–H and O–H groups in total. The Labute approximate surface area is 128 Å². The molecule has 0 bridgehead atoms. The first-order chi connectivity index (χ1) is 10.7. The highest BCUT2D eigenvalue weighted by Crippen LogP contribution is 2.30. The molecular weight excluding hydrogens is 280 g/mol. The van der Waals surface area contributed by atoms with Crippen molar-refractivity contribution in [1.29, 1.82) is 0 Å². The number of nitrogens with zero attached hydrogens (tertiary/aromatic N) is 3.